The molecule has 0 spiro atoms. The third-order valence-electron chi connectivity index (χ3n) is 2.06. The second-order valence-corrected chi connectivity index (χ2v) is 4.39. The Morgan fingerprint density at radius 3 is 3.00 bits per heavy atom. The molecule has 0 aliphatic heterocycles. The van der Waals surface area contributed by atoms with Crippen LogP contribution in [-0.2, 0) is 17.2 Å². The van der Waals surface area contributed by atoms with Gasteiger partial charge < -0.3 is 10.3 Å². The molecule has 2 heterocycles. The molecule has 0 saturated heterocycles. The molecule has 0 saturated carbocycles. The maximum absolute atomic E-state index is 10.9. The van der Waals surface area contributed by atoms with Gasteiger partial charge in [0.1, 0.15) is 17.9 Å². The molecule has 16 heavy (non-hydrogen) atoms. The largest absolute Gasteiger partial charge is 0.368 e. The summed E-state index contributed by atoms with van der Waals surface area (Å²) in [7, 11) is 0. The third kappa shape index (κ3) is 2.03. The number of carbonyl (C=O) groups is 1. The first-order chi connectivity index (χ1) is 7.61. The number of aromatic nitrogens is 3. The van der Waals surface area contributed by atoms with E-state index in [4.69, 9.17) is 17.3 Å². The molecule has 0 unspecified atom stereocenters. The minimum absolute atomic E-state index is 0.0349. The number of imidazole rings is 1. The van der Waals surface area contributed by atoms with Crippen molar-refractivity contribution in [3.05, 3.63) is 22.6 Å². The van der Waals surface area contributed by atoms with Gasteiger partial charge in [-0.3, -0.25) is 4.79 Å². The minimum atomic E-state index is -0.449. The third-order valence-corrected chi connectivity index (χ3v) is 2.74. The molecule has 5 nitrogen and oxygen atoms in total. The Balaban J connectivity index is 2.63. The predicted octanol–water partition coefficient (Wildman–Crippen LogP) is 1.42. The van der Waals surface area contributed by atoms with Crippen molar-refractivity contribution in [1.82, 2.24) is 14.5 Å². The van der Waals surface area contributed by atoms with E-state index >= 15 is 0 Å². The van der Waals surface area contributed by atoms with E-state index in [9.17, 15) is 4.79 Å². The van der Waals surface area contributed by atoms with E-state index in [-0.39, 0.29) is 12.4 Å². The summed E-state index contributed by atoms with van der Waals surface area (Å²) in [6, 6.07) is 1.82. The first-order valence-electron chi connectivity index (χ1n) is 4.46. The highest BCUT2D eigenvalue weighted by molar-refractivity contribution is 9.10. The average Bonchev–Trinajstić information content (AvgIpc) is 2.55. The fraction of sp³-hybridized carbons (Fsp3) is 0.222. The monoisotopic (exact) mass is 302 g/mol. The number of carbonyl (C=O) groups excluding carboxylic acids is 1. The number of halogens is 2. The summed E-state index contributed by atoms with van der Waals surface area (Å²) in [4.78, 5) is 19.4. The first kappa shape index (κ1) is 11.3. The normalized spacial score (nSPS) is 10.9. The fourth-order valence-corrected chi connectivity index (χ4v) is 1.98. The predicted molar refractivity (Wildman–Crippen MR) is 64.0 cm³/mol. The van der Waals surface area contributed by atoms with Crippen LogP contribution in [0, 0.1) is 0 Å². The molecule has 0 aromatic carbocycles. The number of fused-ring (bicyclic) bond motifs is 1. The molecule has 2 aromatic heterocycles. The standard InChI is InChI=1S/C9H8BrClN4O/c10-5-1-6-9(13-3-5)15(4-7(12)16)8(2-11)14-6/h1,3H,2,4H2,(H2,12,16). The molecule has 84 valence electrons. The summed E-state index contributed by atoms with van der Waals surface area (Å²) < 4.78 is 2.45. The van der Waals surface area contributed by atoms with Crippen LogP contribution in [0.25, 0.3) is 11.2 Å². The SMILES string of the molecule is NC(=O)Cn1c(CCl)nc2cc(Br)cnc21. The number of pyridine rings is 1. The van der Waals surface area contributed by atoms with Crippen molar-refractivity contribution in [3.8, 4) is 0 Å². The molecule has 2 N–H and O–H groups in total. The fourth-order valence-electron chi connectivity index (χ4n) is 1.46. The summed E-state index contributed by atoms with van der Waals surface area (Å²) in [5, 5.41) is 0. The molecule has 0 aliphatic carbocycles. The second kappa shape index (κ2) is 4.39. The lowest BCUT2D eigenvalue weighted by Crippen LogP contribution is -2.20. The van der Waals surface area contributed by atoms with Gasteiger partial charge in [-0.1, -0.05) is 0 Å². The summed E-state index contributed by atoms with van der Waals surface area (Å²) >= 11 is 9.05. The van der Waals surface area contributed by atoms with Crippen molar-refractivity contribution in [2.75, 3.05) is 0 Å². The van der Waals surface area contributed by atoms with Crippen molar-refractivity contribution >= 4 is 44.6 Å². The highest BCUT2D eigenvalue weighted by atomic mass is 79.9. The number of hydrogen-bond acceptors (Lipinski definition) is 3. The number of hydrogen-bond donors (Lipinski definition) is 1. The quantitative estimate of drug-likeness (QED) is 0.871. The van der Waals surface area contributed by atoms with Crippen LogP contribution >= 0.6 is 27.5 Å². The zero-order chi connectivity index (χ0) is 11.7. The van der Waals surface area contributed by atoms with E-state index in [0.29, 0.717) is 17.0 Å². The van der Waals surface area contributed by atoms with E-state index in [1.54, 1.807) is 10.8 Å². The van der Waals surface area contributed by atoms with Crippen LogP contribution in [0.1, 0.15) is 5.82 Å². The number of amides is 1. The van der Waals surface area contributed by atoms with Gasteiger partial charge >= 0.3 is 0 Å². The molecular weight excluding hydrogens is 295 g/mol. The van der Waals surface area contributed by atoms with Crippen molar-refractivity contribution < 1.29 is 4.79 Å². The molecule has 0 aliphatic rings. The van der Waals surface area contributed by atoms with E-state index in [0.717, 1.165) is 4.47 Å². The number of alkyl halides is 1. The Morgan fingerprint density at radius 1 is 1.62 bits per heavy atom. The molecule has 7 heteroatoms. The number of nitrogens with zero attached hydrogens (tertiary/aromatic N) is 3. The summed E-state index contributed by atoms with van der Waals surface area (Å²) in [5.74, 6) is 0.345. The van der Waals surface area contributed by atoms with Gasteiger partial charge in [-0.15, -0.1) is 11.6 Å². The molecule has 0 bridgehead atoms. The van der Waals surface area contributed by atoms with Gasteiger partial charge in [0.25, 0.3) is 0 Å². The molecule has 0 fully saturated rings. The van der Waals surface area contributed by atoms with Gasteiger partial charge in [0, 0.05) is 10.7 Å². The Morgan fingerprint density at radius 2 is 2.38 bits per heavy atom. The lowest BCUT2D eigenvalue weighted by Gasteiger charge is -2.02. The summed E-state index contributed by atoms with van der Waals surface area (Å²) in [6.45, 7) is 0.0349. The van der Waals surface area contributed by atoms with E-state index < -0.39 is 5.91 Å². The topological polar surface area (TPSA) is 73.8 Å². The first-order valence-corrected chi connectivity index (χ1v) is 5.79. The zero-order valence-corrected chi connectivity index (χ0v) is 10.5. The minimum Gasteiger partial charge on any atom is -0.368 e. The molecular formula is C9H8BrClN4O. The van der Waals surface area contributed by atoms with E-state index in [1.165, 1.54) is 0 Å². The molecule has 2 aromatic rings. The van der Waals surface area contributed by atoms with Crippen LogP contribution in [0.3, 0.4) is 0 Å². The van der Waals surface area contributed by atoms with Crippen molar-refractivity contribution in [2.24, 2.45) is 5.73 Å². The maximum Gasteiger partial charge on any atom is 0.237 e. The van der Waals surface area contributed by atoms with Crippen LogP contribution in [-0.4, -0.2) is 20.4 Å². The van der Waals surface area contributed by atoms with Crippen molar-refractivity contribution in [2.45, 2.75) is 12.4 Å². The van der Waals surface area contributed by atoms with Gasteiger partial charge in [0.05, 0.1) is 5.88 Å². The number of nitrogens with two attached hydrogens (primary N) is 1. The Hall–Kier alpha value is -1.14. The summed E-state index contributed by atoms with van der Waals surface area (Å²) in [6.07, 6.45) is 1.64. The van der Waals surface area contributed by atoms with Gasteiger partial charge in [0.15, 0.2) is 5.65 Å². The molecule has 0 radical (unpaired) electrons. The zero-order valence-electron chi connectivity index (χ0n) is 8.15. The Kier molecular flexibility index (Phi) is 3.11. The van der Waals surface area contributed by atoms with Crippen molar-refractivity contribution in [3.63, 3.8) is 0 Å². The van der Waals surface area contributed by atoms with Gasteiger partial charge in [-0.05, 0) is 22.0 Å². The lowest BCUT2D eigenvalue weighted by molar-refractivity contribution is -0.118. The van der Waals surface area contributed by atoms with E-state index in [1.807, 2.05) is 6.07 Å². The second-order valence-electron chi connectivity index (χ2n) is 3.21. The highest BCUT2D eigenvalue weighted by Gasteiger charge is 2.12. The molecule has 2 rings (SSSR count). The van der Waals surface area contributed by atoms with Crippen LogP contribution in [0.15, 0.2) is 16.7 Å². The Labute approximate surface area is 105 Å². The number of primary amides is 1. The Bertz CT molecular complexity index is 554. The highest BCUT2D eigenvalue weighted by Crippen LogP contribution is 2.19. The van der Waals surface area contributed by atoms with Crippen LogP contribution < -0.4 is 5.73 Å². The summed E-state index contributed by atoms with van der Waals surface area (Å²) in [5.41, 5.74) is 6.46. The lowest BCUT2D eigenvalue weighted by atomic mass is 10.4. The van der Waals surface area contributed by atoms with E-state index in [2.05, 4.69) is 25.9 Å². The molecule has 0 atom stereocenters. The van der Waals surface area contributed by atoms with Crippen LogP contribution in [0.5, 0.6) is 0 Å². The van der Waals surface area contributed by atoms with Gasteiger partial charge in [-0.25, -0.2) is 9.97 Å². The smallest absolute Gasteiger partial charge is 0.237 e. The molecule has 1 amide bonds. The maximum atomic E-state index is 10.9. The van der Waals surface area contributed by atoms with Crippen LogP contribution in [0.2, 0.25) is 0 Å². The van der Waals surface area contributed by atoms with Crippen molar-refractivity contribution in [1.29, 1.82) is 0 Å². The number of rotatable bonds is 3. The van der Waals surface area contributed by atoms with Crippen LogP contribution in [0.4, 0.5) is 0 Å². The van der Waals surface area contributed by atoms with Gasteiger partial charge in [-0.2, -0.15) is 0 Å². The van der Waals surface area contributed by atoms with Gasteiger partial charge in [0.2, 0.25) is 5.91 Å². The average molecular weight is 304 g/mol.